The molecule has 216 valence electrons. The van der Waals surface area contributed by atoms with Gasteiger partial charge in [-0.15, -0.1) is 0 Å². The summed E-state index contributed by atoms with van der Waals surface area (Å²) in [6.45, 7) is 0.426. The van der Waals surface area contributed by atoms with Gasteiger partial charge in [-0.05, 0) is 73.4 Å². The molecule has 1 heterocycles. The van der Waals surface area contributed by atoms with Gasteiger partial charge >= 0.3 is 11.9 Å². The number of ether oxygens (including phenoxy) is 2. The summed E-state index contributed by atoms with van der Waals surface area (Å²) in [5.74, 6) is -1.77. The van der Waals surface area contributed by atoms with Crippen LogP contribution in [-0.2, 0) is 11.2 Å². The Morgan fingerprint density at radius 1 is 0.927 bits per heavy atom. The number of benzene rings is 2. The molecular formula is C31H33ClN2O7. The Bertz CT molecular complexity index is 1370. The quantitative estimate of drug-likeness (QED) is 0.125. The first kappa shape index (κ1) is 31.2. The molecule has 0 atom stereocenters. The van der Waals surface area contributed by atoms with Crippen molar-refractivity contribution in [2.24, 2.45) is 0 Å². The Kier molecular flexibility index (Phi) is 12.2. The van der Waals surface area contributed by atoms with Gasteiger partial charge in [0, 0.05) is 11.8 Å². The highest BCUT2D eigenvalue weighted by molar-refractivity contribution is 6.33. The Morgan fingerprint density at radius 2 is 1.63 bits per heavy atom. The number of hydrogen-bond donors (Lipinski definition) is 3. The molecule has 10 heteroatoms. The van der Waals surface area contributed by atoms with Gasteiger partial charge in [-0.25, -0.2) is 14.6 Å². The van der Waals surface area contributed by atoms with Gasteiger partial charge in [-0.2, -0.15) is 0 Å². The van der Waals surface area contributed by atoms with E-state index >= 15 is 0 Å². The van der Waals surface area contributed by atoms with Crippen molar-refractivity contribution in [1.82, 2.24) is 4.98 Å². The van der Waals surface area contributed by atoms with E-state index in [-0.39, 0.29) is 27.7 Å². The molecule has 0 aliphatic rings. The second-order valence-corrected chi connectivity index (χ2v) is 9.68. The molecule has 0 radical (unpaired) electrons. The van der Waals surface area contributed by atoms with Crippen LogP contribution in [-0.4, -0.2) is 46.8 Å². The van der Waals surface area contributed by atoms with E-state index in [0.717, 1.165) is 56.8 Å². The molecular weight excluding hydrogens is 548 g/mol. The van der Waals surface area contributed by atoms with Gasteiger partial charge in [0.25, 0.3) is 5.91 Å². The number of nitrogens with zero attached hydrogens (tertiary/aromatic N) is 1. The van der Waals surface area contributed by atoms with Crippen molar-refractivity contribution < 1.29 is 34.1 Å². The summed E-state index contributed by atoms with van der Waals surface area (Å²) in [5, 5.41) is 20.9. The van der Waals surface area contributed by atoms with E-state index in [1.165, 1.54) is 35.9 Å². The number of methoxy groups -OCH3 is 1. The number of carbonyl (C=O) groups is 3. The summed E-state index contributed by atoms with van der Waals surface area (Å²) in [6.07, 6.45) is 9.55. The highest BCUT2D eigenvalue weighted by atomic mass is 35.5. The second kappa shape index (κ2) is 16.0. The predicted molar refractivity (Wildman–Crippen MR) is 157 cm³/mol. The van der Waals surface area contributed by atoms with E-state index in [0.29, 0.717) is 12.4 Å². The molecule has 0 unspecified atom stereocenters. The summed E-state index contributed by atoms with van der Waals surface area (Å²) in [4.78, 5) is 39.4. The van der Waals surface area contributed by atoms with Crippen molar-refractivity contribution >= 4 is 41.2 Å². The highest BCUT2D eigenvalue weighted by Gasteiger charge is 2.15. The Hall–Kier alpha value is -4.37. The minimum Gasteiger partial charge on any atom is -0.497 e. The zero-order valence-electron chi connectivity index (χ0n) is 22.8. The number of nitrogens with one attached hydrogen (secondary N) is 1. The van der Waals surface area contributed by atoms with Gasteiger partial charge in [-0.3, -0.25) is 4.79 Å². The number of rotatable bonds is 16. The molecule has 0 bridgehead atoms. The molecule has 0 spiro atoms. The molecule has 41 heavy (non-hydrogen) atoms. The fourth-order valence-corrected chi connectivity index (χ4v) is 4.25. The molecule has 0 saturated heterocycles. The summed E-state index contributed by atoms with van der Waals surface area (Å²) < 4.78 is 11.0. The largest absolute Gasteiger partial charge is 0.497 e. The van der Waals surface area contributed by atoms with Gasteiger partial charge in [0.2, 0.25) is 0 Å². The first-order chi connectivity index (χ1) is 19.8. The number of aryl methyl sites for hydroxylation is 1. The van der Waals surface area contributed by atoms with Gasteiger partial charge in [0.15, 0.2) is 0 Å². The molecule has 1 amide bonds. The van der Waals surface area contributed by atoms with Crippen LogP contribution in [0.4, 0.5) is 5.69 Å². The van der Waals surface area contributed by atoms with Crippen molar-refractivity contribution in [2.75, 3.05) is 19.0 Å². The minimum absolute atomic E-state index is 0.00357. The zero-order chi connectivity index (χ0) is 29.6. The van der Waals surface area contributed by atoms with Crippen LogP contribution >= 0.6 is 11.6 Å². The first-order valence-corrected chi connectivity index (χ1v) is 13.7. The van der Waals surface area contributed by atoms with Crippen molar-refractivity contribution in [1.29, 1.82) is 0 Å². The van der Waals surface area contributed by atoms with Crippen LogP contribution in [0.3, 0.4) is 0 Å². The predicted octanol–water partition coefficient (Wildman–Crippen LogP) is 6.75. The number of aromatic carboxylic acids is 1. The summed E-state index contributed by atoms with van der Waals surface area (Å²) in [5.41, 5.74) is 1.58. The van der Waals surface area contributed by atoms with E-state index in [1.54, 1.807) is 13.2 Å². The summed E-state index contributed by atoms with van der Waals surface area (Å²) in [7, 11) is 1.66. The average molecular weight is 581 g/mol. The van der Waals surface area contributed by atoms with Gasteiger partial charge < -0.3 is 25.0 Å². The molecule has 3 aromatic rings. The number of carboxylic acids is 2. The number of amides is 1. The SMILES string of the molecule is COc1ccc(CCCCCCCCOc2ccc(C(=O)Nc3ccc(Cl)c(C(=O)O)c3)nc2C=CC(=O)O)cc1. The van der Waals surface area contributed by atoms with Crippen LogP contribution in [0.15, 0.2) is 60.7 Å². The van der Waals surface area contributed by atoms with Gasteiger partial charge in [-0.1, -0.05) is 49.4 Å². The van der Waals surface area contributed by atoms with Crippen molar-refractivity contribution in [3.63, 3.8) is 0 Å². The van der Waals surface area contributed by atoms with Crippen LogP contribution in [0.25, 0.3) is 6.08 Å². The molecule has 0 aliphatic carbocycles. The third kappa shape index (κ3) is 10.3. The number of halogens is 1. The monoisotopic (exact) mass is 580 g/mol. The third-order valence-corrected chi connectivity index (χ3v) is 6.56. The topological polar surface area (TPSA) is 135 Å². The number of unbranched alkanes of at least 4 members (excludes halogenated alkanes) is 5. The van der Waals surface area contributed by atoms with E-state index in [9.17, 15) is 19.5 Å². The third-order valence-electron chi connectivity index (χ3n) is 6.23. The molecule has 2 aromatic carbocycles. The van der Waals surface area contributed by atoms with Crippen molar-refractivity contribution in [2.45, 2.75) is 44.9 Å². The van der Waals surface area contributed by atoms with Crippen LogP contribution in [0.2, 0.25) is 5.02 Å². The maximum Gasteiger partial charge on any atom is 0.337 e. The number of hydrogen-bond acceptors (Lipinski definition) is 6. The van der Waals surface area contributed by atoms with E-state index in [1.807, 2.05) is 12.1 Å². The number of carboxylic acid groups (broad SMARTS) is 2. The minimum atomic E-state index is -1.23. The summed E-state index contributed by atoms with van der Waals surface area (Å²) >= 11 is 5.88. The highest BCUT2D eigenvalue weighted by Crippen LogP contribution is 2.23. The van der Waals surface area contributed by atoms with Crippen LogP contribution in [0.1, 0.15) is 70.6 Å². The van der Waals surface area contributed by atoms with E-state index < -0.39 is 17.8 Å². The number of aromatic nitrogens is 1. The van der Waals surface area contributed by atoms with Crippen LogP contribution < -0.4 is 14.8 Å². The van der Waals surface area contributed by atoms with Crippen molar-refractivity contribution in [3.8, 4) is 11.5 Å². The zero-order valence-corrected chi connectivity index (χ0v) is 23.5. The average Bonchev–Trinajstić information content (AvgIpc) is 2.96. The normalized spacial score (nSPS) is 10.9. The molecule has 9 nitrogen and oxygen atoms in total. The van der Waals surface area contributed by atoms with E-state index in [2.05, 4.69) is 22.4 Å². The number of pyridine rings is 1. The lowest BCUT2D eigenvalue weighted by Crippen LogP contribution is -2.15. The maximum atomic E-state index is 12.8. The lowest BCUT2D eigenvalue weighted by molar-refractivity contribution is -0.131. The molecule has 3 rings (SSSR count). The number of aliphatic carboxylic acids is 1. The smallest absolute Gasteiger partial charge is 0.337 e. The van der Waals surface area contributed by atoms with Crippen LogP contribution in [0, 0.1) is 0 Å². The molecule has 0 saturated carbocycles. The lowest BCUT2D eigenvalue weighted by atomic mass is 10.0. The molecule has 3 N–H and O–H groups in total. The molecule has 0 aliphatic heterocycles. The van der Waals surface area contributed by atoms with Gasteiger partial charge in [0.1, 0.15) is 22.9 Å². The van der Waals surface area contributed by atoms with Crippen LogP contribution in [0.5, 0.6) is 11.5 Å². The fraction of sp³-hybridized carbons (Fsp3) is 0.290. The molecule has 0 fully saturated rings. The Morgan fingerprint density at radius 3 is 2.32 bits per heavy atom. The Balaban J connectivity index is 1.48. The Labute approximate surface area is 243 Å². The van der Waals surface area contributed by atoms with Crippen molar-refractivity contribution in [3.05, 3.63) is 88.2 Å². The summed E-state index contributed by atoms with van der Waals surface area (Å²) in [6, 6.07) is 15.3. The first-order valence-electron chi connectivity index (χ1n) is 13.3. The lowest BCUT2D eigenvalue weighted by Gasteiger charge is -2.11. The number of carbonyl (C=O) groups excluding carboxylic acids is 1. The molecule has 1 aromatic heterocycles. The maximum absolute atomic E-state index is 12.8. The number of anilines is 1. The fourth-order valence-electron chi connectivity index (χ4n) is 4.05. The van der Waals surface area contributed by atoms with E-state index in [4.69, 9.17) is 26.2 Å². The van der Waals surface area contributed by atoms with Gasteiger partial charge in [0.05, 0.1) is 24.3 Å². The second-order valence-electron chi connectivity index (χ2n) is 9.27. The standard InChI is InChI=1S/C31H33ClN2O7/c1-40-23-12-9-21(10-13-23)8-6-4-2-3-5-7-19-41-28-17-15-27(34-26(28)16-18-29(35)36)30(37)33-22-11-14-25(32)24(20-22)31(38)39/h9-18,20H,2-8,19H2,1H3,(H,33,37)(H,35,36)(H,38,39).